The van der Waals surface area contributed by atoms with E-state index in [2.05, 4.69) is 5.32 Å². The van der Waals surface area contributed by atoms with E-state index in [-0.39, 0.29) is 16.4 Å². The molecule has 1 atom stereocenters. The Bertz CT molecular complexity index is 588. The maximum atomic E-state index is 14.0. The zero-order valence-electron chi connectivity index (χ0n) is 13.4. The lowest BCUT2D eigenvalue weighted by Gasteiger charge is -2.22. The van der Waals surface area contributed by atoms with Crippen molar-refractivity contribution in [3.8, 4) is 0 Å². The van der Waals surface area contributed by atoms with Crippen LogP contribution in [0.3, 0.4) is 0 Å². The van der Waals surface area contributed by atoms with Crippen LogP contribution in [-0.2, 0) is 16.6 Å². The predicted molar refractivity (Wildman–Crippen MR) is 83.2 cm³/mol. The SMILES string of the molecule is CCC(C)CN(C)S(=O)(=O)c1cc(CNC)cc(F)c1C. The first-order valence-electron chi connectivity index (χ1n) is 7.14. The molecule has 0 bridgehead atoms. The average Bonchev–Trinajstić information content (AvgIpc) is 2.42. The van der Waals surface area contributed by atoms with E-state index in [4.69, 9.17) is 0 Å². The van der Waals surface area contributed by atoms with Gasteiger partial charge in [0, 0.05) is 25.7 Å². The summed E-state index contributed by atoms with van der Waals surface area (Å²) in [7, 11) is -0.390. The molecule has 0 aliphatic rings. The third-order valence-electron chi connectivity index (χ3n) is 3.69. The van der Waals surface area contributed by atoms with Gasteiger partial charge in [0.15, 0.2) is 0 Å². The van der Waals surface area contributed by atoms with Crippen LogP contribution in [0.5, 0.6) is 0 Å². The van der Waals surface area contributed by atoms with Crippen molar-refractivity contribution in [2.24, 2.45) is 5.92 Å². The molecule has 0 radical (unpaired) electrons. The number of sulfonamides is 1. The standard InChI is InChI=1S/C15H25FN2O2S/c1-6-11(2)10-18(5)21(19,20)15-8-13(9-17-4)7-14(16)12(15)3/h7-8,11,17H,6,9-10H2,1-5H3. The highest BCUT2D eigenvalue weighted by atomic mass is 32.2. The molecular weight excluding hydrogens is 291 g/mol. The molecule has 0 aliphatic heterocycles. The molecule has 0 saturated carbocycles. The Morgan fingerprint density at radius 2 is 2.00 bits per heavy atom. The van der Waals surface area contributed by atoms with Gasteiger partial charge < -0.3 is 5.32 Å². The van der Waals surface area contributed by atoms with Crippen LogP contribution in [0.2, 0.25) is 0 Å². The molecule has 6 heteroatoms. The summed E-state index contributed by atoms with van der Waals surface area (Å²) >= 11 is 0. The fourth-order valence-corrected chi connectivity index (χ4v) is 3.69. The third kappa shape index (κ3) is 4.25. The van der Waals surface area contributed by atoms with Gasteiger partial charge in [0.1, 0.15) is 5.82 Å². The van der Waals surface area contributed by atoms with Gasteiger partial charge in [0.25, 0.3) is 0 Å². The molecule has 1 rings (SSSR count). The fraction of sp³-hybridized carbons (Fsp3) is 0.600. The zero-order valence-corrected chi connectivity index (χ0v) is 14.2. The van der Waals surface area contributed by atoms with E-state index in [0.717, 1.165) is 6.42 Å². The fourth-order valence-electron chi connectivity index (χ4n) is 2.12. The van der Waals surface area contributed by atoms with Crippen LogP contribution in [0.1, 0.15) is 31.4 Å². The van der Waals surface area contributed by atoms with Gasteiger partial charge in [-0.15, -0.1) is 0 Å². The van der Waals surface area contributed by atoms with Crippen molar-refractivity contribution in [1.82, 2.24) is 9.62 Å². The second kappa shape index (κ2) is 7.33. The molecule has 1 aromatic carbocycles. The van der Waals surface area contributed by atoms with Gasteiger partial charge in [-0.3, -0.25) is 0 Å². The lowest BCUT2D eigenvalue weighted by molar-refractivity contribution is 0.393. The molecule has 4 nitrogen and oxygen atoms in total. The largest absolute Gasteiger partial charge is 0.316 e. The third-order valence-corrected chi connectivity index (χ3v) is 5.64. The van der Waals surface area contributed by atoms with Crippen molar-refractivity contribution in [2.75, 3.05) is 20.6 Å². The second-order valence-electron chi connectivity index (χ2n) is 5.53. The van der Waals surface area contributed by atoms with Crippen LogP contribution in [0, 0.1) is 18.7 Å². The number of rotatable bonds is 7. The first-order chi connectivity index (χ1) is 9.73. The Kier molecular flexibility index (Phi) is 6.31. The van der Waals surface area contributed by atoms with Gasteiger partial charge in [-0.25, -0.2) is 17.1 Å². The van der Waals surface area contributed by atoms with E-state index in [1.54, 1.807) is 20.2 Å². The minimum Gasteiger partial charge on any atom is -0.316 e. The van der Waals surface area contributed by atoms with Gasteiger partial charge in [-0.05, 0) is 37.6 Å². The molecule has 0 aliphatic carbocycles. The smallest absolute Gasteiger partial charge is 0.243 e. The molecule has 0 amide bonds. The Morgan fingerprint density at radius 1 is 1.38 bits per heavy atom. The van der Waals surface area contributed by atoms with Gasteiger partial charge in [0.2, 0.25) is 10.0 Å². The first kappa shape index (κ1) is 18.1. The number of halogens is 1. The van der Waals surface area contributed by atoms with Gasteiger partial charge in [-0.2, -0.15) is 0 Å². The van der Waals surface area contributed by atoms with Crippen molar-refractivity contribution in [2.45, 2.75) is 38.6 Å². The summed E-state index contributed by atoms with van der Waals surface area (Å²) in [5, 5.41) is 2.90. The van der Waals surface area contributed by atoms with Crippen molar-refractivity contribution < 1.29 is 12.8 Å². The Morgan fingerprint density at radius 3 is 2.52 bits per heavy atom. The maximum Gasteiger partial charge on any atom is 0.243 e. The zero-order chi connectivity index (χ0) is 16.2. The van der Waals surface area contributed by atoms with Crippen LogP contribution < -0.4 is 5.32 Å². The summed E-state index contributed by atoms with van der Waals surface area (Å²) in [6.45, 7) is 6.37. The highest BCUT2D eigenvalue weighted by molar-refractivity contribution is 7.89. The monoisotopic (exact) mass is 316 g/mol. The number of nitrogens with one attached hydrogen (secondary N) is 1. The molecular formula is C15H25FN2O2S. The number of benzene rings is 1. The Hall–Kier alpha value is -0.980. The number of hydrogen-bond acceptors (Lipinski definition) is 3. The predicted octanol–water partition coefficient (Wildman–Crippen LogP) is 2.52. The van der Waals surface area contributed by atoms with Crippen molar-refractivity contribution in [3.63, 3.8) is 0 Å². The van der Waals surface area contributed by atoms with Crippen molar-refractivity contribution in [3.05, 3.63) is 29.1 Å². The lowest BCUT2D eigenvalue weighted by Crippen LogP contribution is -2.31. The van der Waals surface area contributed by atoms with E-state index >= 15 is 0 Å². The van der Waals surface area contributed by atoms with E-state index in [1.165, 1.54) is 17.3 Å². The molecule has 1 N–H and O–H groups in total. The highest BCUT2D eigenvalue weighted by Crippen LogP contribution is 2.24. The molecule has 120 valence electrons. The summed E-state index contributed by atoms with van der Waals surface area (Å²) in [6.07, 6.45) is 0.896. The van der Waals surface area contributed by atoms with Crippen LogP contribution in [0.15, 0.2) is 17.0 Å². The summed E-state index contributed by atoms with van der Waals surface area (Å²) < 4.78 is 40.6. The minimum atomic E-state index is -3.67. The van der Waals surface area contributed by atoms with E-state index in [9.17, 15) is 12.8 Å². The molecule has 21 heavy (non-hydrogen) atoms. The number of nitrogens with zero attached hydrogens (tertiary/aromatic N) is 1. The molecule has 0 fully saturated rings. The van der Waals surface area contributed by atoms with Gasteiger partial charge >= 0.3 is 0 Å². The van der Waals surface area contributed by atoms with Crippen LogP contribution in [-0.4, -0.2) is 33.4 Å². The lowest BCUT2D eigenvalue weighted by atomic mass is 10.1. The maximum absolute atomic E-state index is 14.0. The van der Waals surface area contributed by atoms with Crippen LogP contribution in [0.25, 0.3) is 0 Å². The molecule has 1 aromatic rings. The van der Waals surface area contributed by atoms with Crippen molar-refractivity contribution >= 4 is 10.0 Å². The summed E-state index contributed by atoms with van der Waals surface area (Å²) in [6, 6.07) is 2.93. The molecule has 1 unspecified atom stereocenters. The average molecular weight is 316 g/mol. The summed E-state index contributed by atoms with van der Waals surface area (Å²) in [5.74, 6) is -0.228. The number of hydrogen-bond donors (Lipinski definition) is 1. The topological polar surface area (TPSA) is 49.4 Å². The van der Waals surface area contributed by atoms with E-state index < -0.39 is 15.8 Å². The summed E-state index contributed by atoms with van der Waals surface area (Å²) in [5.41, 5.74) is 0.793. The quantitative estimate of drug-likeness (QED) is 0.841. The second-order valence-corrected chi connectivity index (χ2v) is 7.54. The normalized spacial score (nSPS) is 13.7. The van der Waals surface area contributed by atoms with Crippen LogP contribution >= 0.6 is 0 Å². The molecule has 0 heterocycles. The molecule has 0 aromatic heterocycles. The first-order valence-corrected chi connectivity index (χ1v) is 8.58. The van der Waals surface area contributed by atoms with Crippen molar-refractivity contribution in [1.29, 1.82) is 0 Å². The minimum absolute atomic E-state index is 0.0542. The highest BCUT2D eigenvalue weighted by Gasteiger charge is 2.25. The van der Waals surface area contributed by atoms with E-state index in [1.807, 2.05) is 13.8 Å². The van der Waals surface area contributed by atoms with Crippen LogP contribution in [0.4, 0.5) is 4.39 Å². The molecule has 0 spiro atoms. The van der Waals surface area contributed by atoms with Gasteiger partial charge in [0.05, 0.1) is 4.90 Å². The van der Waals surface area contributed by atoms with E-state index in [0.29, 0.717) is 18.7 Å². The Balaban J connectivity index is 3.24. The summed E-state index contributed by atoms with van der Waals surface area (Å²) in [4.78, 5) is 0.0542. The van der Waals surface area contributed by atoms with Gasteiger partial charge in [-0.1, -0.05) is 20.3 Å². The molecule has 0 saturated heterocycles. The Labute approximate surface area is 127 Å².